The largest absolute Gasteiger partial charge is 0.359 e. The molecule has 29 heavy (non-hydrogen) atoms. The van der Waals surface area contributed by atoms with Crippen LogP contribution in [0, 0.1) is 5.92 Å². The normalized spacial score (nSPS) is 16.3. The fourth-order valence-electron chi connectivity index (χ4n) is 4.03. The van der Waals surface area contributed by atoms with Crippen LogP contribution < -0.4 is 10.6 Å². The molecule has 164 valence electrons. The molecular formula is C22H38IN5O. The topological polar surface area (TPSA) is 60.0 Å². The van der Waals surface area contributed by atoms with Crippen LogP contribution in [0.4, 0.5) is 0 Å². The third-order valence-electron chi connectivity index (χ3n) is 5.77. The van der Waals surface area contributed by atoms with Crippen molar-refractivity contribution in [1.82, 2.24) is 20.4 Å². The lowest BCUT2D eigenvalue weighted by Crippen LogP contribution is -2.48. The standard InChI is InChI=1S/C22H37N5O.HI/c1-5-26(6-2)20(19-10-8-7-9-11-19)17-25-22(24-4)27-14-12-18(13-15-27)16-21(28)23-3;/h7-11,18,20H,5-6,12-17H2,1-4H3,(H,23,28)(H,24,25);1H. The first-order valence-corrected chi connectivity index (χ1v) is 10.6. The van der Waals surface area contributed by atoms with Gasteiger partial charge < -0.3 is 15.5 Å². The summed E-state index contributed by atoms with van der Waals surface area (Å²) in [6.45, 7) is 9.18. The van der Waals surface area contributed by atoms with E-state index in [1.54, 1.807) is 7.05 Å². The molecule has 0 spiro atoms. The summed E-state index contributed by atoms with van der Waals surface area (Å²) in [7, 11) is 3.57. The van der Waals surface area contributed by atoms with E-state index in [2.05, 4.69) is 69.6 Å². The lowest BCUT2D eigenvalue weighted by Gasteiger charge is -2.36. The van der Waals surface area contributed by atoms with Gasteiger partial charge in [0.25, 0.3) is 0 Å². The summed E-state index contributed by atoms with van der Waals surface area (Å²) >= 11 is 0. The molecule has 1 fully saturated rings. The molecule has 1 aromatic rings. The Kier molecular flexibility index (Phi) is 12.2. The number of guanidine groups is 1. The zero-order valence-electron chi connectivity index (χ0n) is 18.4. The van der Waals surface area contributed by atoms with E-state index in [1.165, 1.54) is 5.56 Å². The van der Waals surface area contributed by atoms with Gasteiger partial charge in [-0.3, -0.25) is 14.7 Å². The highest BCUT2D eigenvalue weighted by atomic mass is 127. The Bertz CT molecular complexity index is 613. The van der Waals surface area contributed by atoms with Crippen molar-refractivity contribution in [3.05, 3.63) is 35.9 Å². The second kappa shape index (κ2) is 13.8. The maximum Gasteiger partial charge on any atom is 0.220 e. The molecule has 0 saturated carbocycles. The fourth-order valence-corrected chi connectivity index (χ4v) is 4.03. The summed E-state index contributed by atoms with van der Waals surface area (Å²) in [5.74, 6) is 1.58. The molecule has 1 heterocycles. The van der Waals surface area contributed by atoms with Crippen LogP contribution in [0.25, 0.3) is 0 Å². The number of carbonyl (C=O) groups is 1. The van der Waals surface area contributed by atoms with Gasteiger partial charge in [-0.2, -0.15) is 0 Å². The number of hydrogen-bond acceptors (Lipinski definition) is 3. The van der Waals surface area contributed by atoms with Gasteiger partial charge in [0.2, 0.25) is 5.91 Å². The van der Waals surface area contributed by atoms with E-state index in [0.717, 1.165) is 51.5 Å². The lowest BCUT2D eigenvalue weighted by molar-refractivity contribution is -0.121. The van der Waals surface area contributed by atoms with E-state index >= 15 is 0 Å². The Morgan fingerprint density at radius 2 is 1.83 bits per heavy atom. The molecule has 1 aliphatic rings. The van der Waals surface area contributed by atoms with Crippen molar-refractivity contribution >= 4 is 35.8 Å². The number of likely N-dealkylation sites (N-methyl/N-ethyl adjacent to an activating group) is 1. The van der Waals surface area contributed by atoms with E-state index in [4.69, 9.17) is 0 Å². The van der Waals surface area contributed by atoms with Crippen LogP contribution in [0.5, 0.6) is 0 Å². The second-order valence-electron chi connectivity index (χ2n) is 7.38. The third-order valence-corrected chi connectivity index (χ3v) is 5.77. The first-order valence-electron chi connectivity index (χ1n) is 10.6. The molecule has 0 bridgehead atoms. The predicted octanol–water partition coefficient (Wildman–Crippen LogP) is 3.11. The lowest BCUT2D eigenvalue weighted by atomic mass is 9.93. The summed E-state index contributed by atoms with van der Waals surface area (Å²) in [4.78, 5) is 20.9. The number of carbonyl (C=O) groups excluding carboxylic acids is 1. The summed E-state index contributed by atoms with van der Waals surface area (Å²) in [6, 6.07) is 11.0. The summed E-state index contributed by atoms with van der Waals surface area (Å²) in [5, 5.41) is 6.34. The number of rotatable bonds is 8. The maximum absolute atomic E-state index is 11.6. The number of halogens is 1. The Morgan fingerprint density at radius 3 is 2.34 bits per heavy atom. The summed E-state index contributed by atoms with van der Waals surface area (Å²) in [6.07, 6.45) is 2.70. The molecule has 0 radical (unpaired) electrons. The fraction of sp³-hybridized carbons (Fsp3) is 0.636. The monoisotopic (exact) mass is 515 g/mol. The van der Waals surface area contributed by atoms with E-state index in [1.807, 2.05) is 7.05 Å². The van der Waals surface area contributed by atoms with Crippen molar-refractivity contribution in [3.8, 4) is 0 Å². The van der Waals surface area contributed by atoms with Gasteiger partial charge >= 0.3 is 0 Å². The Balaban J connectivity index is 0.00000420. The molecule has 1 aliphatic heterocycles. The molecule has 2 N–H and O–H groups in total. The van der Waals surface area contributed by atoms with Gasteiger partial charge in [-0.25, -0.2) is 0 Å². The number of benzene rings is 1. The molecule has 1 aromatic carbocycles. The smallest absolute Gasteiger partial charge is 0.220 e. The van der Waals surface area contributed by atoms with Gasteiger partial charge in [0, 0.05) is 40.2 Å². The minimum Gasteiger partial charge on any atom is -0.359 e. The highest BCUT2D eigenvalue weighted by Crippen LogP contribution is 2.22. The van der Waals surface area contributed by atoms with Gasteiger partial charge in [0.1, 0.15) is 0 Å². The van der Waals surface area contributed by atoms with Crippen LogP contribution in [-0.2, 0) is 4.79 Å². The molecule has 6 nitrogen and oxygen atoms in total. The van der Waals surface area contributed by atoms with Crippen molar-refractivity contribution in [2.75, 3.05) is 46.8 Å². The first kappa shape index (κ1) is 25.7. The van der Waals surface area contributed by atoms with Crippen LogP contribution in [0.15, 0.2) is 35.3 Å². The van der Waals surface area contributed by atoms with Crippen molar-refractivity contribution in [1.29, 1.82) is 0 Å². The van der Waals surface area contributed by atoms with Crippen molar-refractivity contribution in [2.24, 2.45) is 10.9 Å². The first-order chi connectivity index (χ1) is 13.6. The summed E-state index contributed by atoms with van der Waals surface area (Å²) in [5.41, 5.74) is 1.33. The van der Waals surface area contributed by atoms with E-state index in [-0.39, 0.29) is 29.9 Å². The molecule has 1 saturated heterocycles. The molecule has 7 heteroatoms. The number of amides is 1. The number of hydrogen-bond donors (Lipinski definition) is 2. The van der Waals surface area contributed by atoms with Gasteiger partial charge in [-0.1, -0.05) is 44.2 Å². The SMILES string of the molecule is CCN(CC)C(CNC(=NC)N1CCC(CC(=O)NC)CC1)c1ccccc1.I. The number of piperidine rings is 1. The predicted molar refractivity (Wildman–Crippen MR) is 132 cm³/mol. The van der Waals surface area contributed by atoms with Crippen LogP contribution in [0.3, 0.4) is 0 Å². The number of nitrogens with zero attached hydrogens (tertiary/aromatic N) is 3. The van der Waals surface area contributed by atoms with Gasteiger partial charge in [-0.15, -0.1) is 24.0 Å². The van der Waals surface area contributed by atoms with Crippen LogP contribution in [0.2, 0.25) is 0 Å². The molecule has 0 aromatic heterocycles. The van der Waals surface area contributed by atoms with E-state index in [9.17, 15) is 4.79 Å². The second-order valence-corrected chi connectivity index (χ2v) is 7.38. The average molecular weight is 515 g/mol. The quantitative estimate of drug-likeness (QED) is 0.318. The van der Waals surface area contributed by atoms with E-state index < -0.39 is 0 Å². The highest BCUT2D eigenvalue weighted by Gasteiger charge is 2.24. The molecule has 1 atom stereocenters. The number of aliphatic imine (C=N–C) groups is 1. The molecular weight excluding hydrogens is 477 g/mol. The maximum atomic E-state index is 11.6. The number of nitrogens with one attached hydrogen (secondary N) is 2. The number of likely N-dealkylation sites (tertiary alicyclic amines) is 1. The van der Waals surface area contributed by atoms with Crippen molar-refractivity contribution in [2.45, 2.75) is 39.2 Å². The Morgan fingerprint density at radius 1 is 1.21 bits per heavy atom. The van der Waals surface area contributed by atoms with Crippen LogP contribution >= 0.6 is 24.0 Å². The average Bonchev–Trinajstić information content (AvgIpc) is 2.75. The minimum absolute atomic E-state index is 0. The van der Waals surface area contributed by atoms with Gasteiger partial charge in [-0.05, 0) is 37.4 Å². The zero-order valence-corrected chi connectivity index (χ0v) is 20.7. The van der Waals surface area contributed by atoms with Crippen LogP contribution in [0.1, 0.15) is 44.7 Å². The minimum atomic E-state index is 0. The zero-order chi connectivity index (χ0) is 20.4. The molecule has 0 aliphatic carbocycles. The van der Waals surface area contributed by atoms with E-state index in [0.29, 0.717) is 18.4 Å². The van der Waals surface area contributed by atoms with Crippen molar-refractivity contribution < 1.29 is 4.79 Å². The highest BCUT2D eigenvalue weighted by molar-refractivity contribution is 14.0. The third kappa shape index (κ3) is 7.77. The molecule has 2 rings (SSSR count). The van der Waals surface area contributed by atoms with Crippen LogP contribution in [-0.4, -0.2) is 68.5 Å². The molecule has 1 unspecified atom stereocenters. The van der Waals surface area contributed by atoms with Gasteiger partial charge in [0.05, 0.1) is 6.04 Å². The van der Waals surface area contributed by atoms with Crippen molar-refractivity contribution in [3.63, 3.8) is 0 Å². The Hall–Kier alpha value is -1.35. The molecule has 1 amide bonds. The summed E-state index contributed by atoms with van der Waals surface area (Å²) < 4.78 is 0. The Labute approximate surface area is 193 Å². The van der Waals surface area contributed by atoms with Gasteiger partial charge in [0.15, 0.2) is 5.96 Å².